The lowest BCUT2D eigenvalue weighted by Gasteiger charge is -2.37. The van der Waals surface area contributed by atoms with E-state index < -0.39 is 17.3 Å². The Labute approximate surface area is 174 Å². The molecule has 0 aliphatic carbocycles. The molecule has 0 unspecified atom stereocenters. The quantitative estimate of drug-likeness (QED) is 0.572. The van der Waals surface area contributed by atoms with Gasteiger partial charge >= 0.3 is 5.63 Å². The van der Waals surface area contributed by atoms with Gasteiger partial charge in [0.25, 0.3) is 0 Å². The molecule has 0 spiro atoms. The van der Waals surface area contributed by atoms with Crippen molar-refractivity contribution < 1.29 is 19.0 Å². The number of rotatable bonds is 1. The zero-order valence-corrected chi connectivity index (χ0v) is 17.4. The van der Waals surface area contributed by atoms with Crippen LogP contribution in [-0.4, -0.2) is 16.8 Å². The van der Waals surface area contributed by atoms with Crippen LogP contribution < -0.4 is 15.1 Å². The fourth-order valence-corrected chi connectivity index (χ4v) is 4.29. The van der Waals surface area contributed by atoms with Crippen molar-refractivity contribution in [3.8, 4) is 22.6 Å². The summed E-state index contributed by atoms with van der Waals surface area (Å²) in [6.45, 7) is 7.80. The second-order valence-electron chi connectivity index (χ2n) is 8.70. The first kappa shape index (κ1) is 18.9. The van der Waals surface area contributed by atoms with E-state index in [0.29, 0.717) is 33.6 Å². The van der Waals surface area contributed by atoms with Gasteiger partial charge in [-0.05, 0) is 38.5 Å². The van der Waals surface area contributed by atoms with Crippen molar-refractivity contribution >= 4 is 17.0 Å². The van der Waals surface area contributed by atoms with Gasteiger partial charge in [-0.2, -0.15) is 0 Å². The van der Waals surface area contributed by atoms with Gasteiger partial charge in [0, 0.05) is 17.5 Å². The molecule has 0 bridgehead atoms. The van der Waals surface area contributed by atoms with E-state index in [1.165, 1.54) is 6.07 Å². The first-order valence-corrected chi connectivity index (χ1v) is 10.2. The number of hydrogen-bond acceptors (Lipinski definition) is 5. The van der Waals surface area contributed by atoms with Gasteiger partial charge in [0.15, 0.2) is 5.58 Å². The van der Waals surface area contributed by atoms with E-state index in [4.69, 9.17) is 13.9 Å². The molecule has 0 radical (unpaired) electrons. The highest BCUT2D eigenvalue weighted by molar-refractivity contribution is 6.04. The van der Waals surface area contributed by atoms with Crippen LogP contribution in [0.5, 0.6) is 11.5 Å². The molecule has 5 heteroatoms. The molecule has 2 aromatic carbocycles. The van der Waals surface area contributed by atoms with Crippen LogP contribution in [0.1, 0.15) is 44.9 Å². The Kier molecular flexibility index (Phi) is 4.09. The van der Waals surface area contributed by atoms with Crippen LogP contribution in [0, 0.1) is 5.92 Å². The van der Waals surface area contributed by atoms with Crippen molar-refractivity contribution in [3.63, 3.8) is 0 Å². The first-order valence-electron chi connectivity index (χ1n) is 10.2. The largest absolute Gasteiger partial charge is 0.489 e. The molecule has 5 nitrogen and oxygen atoms in total. The van der Waals surface area contributed by atoms with Crippen LogP contribution in [-0.2, 0) is 0 Å². The summed E-state index contributed by atoms with van der Waals surface area (Å²) in [6, 6.07) is 11.2. The average molecular weight is 404 g/mol. The van der Waals surface area contributed by atoms with Crippen LogP contribution in [0.4, 0.5) is 0 Å². The number of benzene rings is 2. The number of fused-ring (bicyclic) bond motifs is 6. The molecule has 2 aliphatic rings. The van der Waals surface area contributed by atoms with Gasteiger partial charge in [-0.25, -0.2) is 4.79 Å². The predicted octanol–water partition coefficient (Wildman–Crippen LogP) is 5.09. The van der Waals surface area contributed by atoms with Gasteiger partial charge in [-0.1, -0.05) is 37.3 Å². The van der Waals surface area contributed by atoms with E-state index in [0.717, 1.165) is 11.1 Å². The first-order chi connectivity index (χ1) is 14.3. The highest BCUT2D eigenvalue weighted by Crippen LogP contribution is 2.53. The molecule has 1 N–H and O–H groups in total. The van der Waals surface area contributed by atoms with Crippen molar-refractivity contribution in [1.82, 2.24) is 0 Å². The lowest BCUT2D eigenvalue weighted by atomic mass is 9.84. The fourth-order valence-electron chi connectivity index (χ4n) is 4.29. The maximum atomic E-state index is 12.6. The molecule has 0 amide bonds. The third-order valence-corrected chi connectivity index (χ3v) is 6.11. The minimum Gasteiger partial charge on any atom is -0.489 e. The van der Waals surface area contributed by atoms with Gasteiger partial charge in [-0.15, -0.1) is 0 Å². The third kappa shape index (κ3) is 2.76. The number of ether oxygens (including phenoxy) is 2. The van der Waals surface area contributed by atoms with Crippen molar-refractivity contribution in [1.29, 1.82) is 0 Å². The second kappa shape index (κ2) is 6.47. The van der Waals surface area contributed by atoms with Crippen molar-refractivity contribution in [3.05, 3.63) is 64.0 Å². The van der Waals surface area contributed by atoms with Gasteiger partial charge in [0.05, 0.1) is 22.6 Å². The normalized spacial score (nSPS) is 24.0. The van der Waals surface area contributed by atoms with Gasteiger partial charge in [-0.3, -0.25) is 0 Å². The molecule has 2 aliphatic heterocycles. The van der Waals surface area contributed by atoms with Crippen LogP contribution in [0.3, 0.4) is 0 Å². The van der Waals surface area contributed by atoms with Gasteiger partial charge < -0.3 is 19.0 Å². The lowest BCUT2D eigenvalue weighted by Crippen LogP contribution is -2.34. The van der Waals surface area contributed by atoms with Crippen LogP contribution in [0.2, 0.25) is 0 Å². The van der Waals surface area contributed by atoms with E-state index in [9.17, 15) is 9.90 Å². The van der Waals surface area contributed by atoms with Crippen molar-refractivity contribution in [2.75, 3.05) is 0 Å². The van der Waals surface area contributed by atoms with E-state index in [1.54, 1.807) is 0 Å². The molecule has 154 valence electrons. The number of hydrogen-bond donors (Lipinski definition) is 1. The monoisotopic (exact) mass is 404 g/mol. The van der Waals surface area contributed by atoms with E-state index in [-0.39, 0.29) is 12.0 Å². The zero-order valence-electron chi connectivity index (χ0n) is 17.4. The molecule has 3 aromatic rings. The summed E-state index contributed by atoms with van der Waals surface area (Å²) in [4.78, 5) is 12.6. The van der Waals surface area contributed by atoms with E-state index >= 15 is 0 Å². The average Bonchev–Trinajstić information content (AvgIpc) is 2.71. The molecular weight excluding hydrogens is 380 g/mol. The summed E-state index contributed by atoms with van der Waals surface area (Å²) >= 11 is 0. The Hall–Kier alpha value is -3.05. The Morgan fingerprint density at radius 1 is 1.07 bits per heavy atom. The molecule has 0 fully saturated rings. The summed E-state index contributed by atoms with van der Waals surface area (Å²) in [7, 11) is 0. The minimum atomic E-state index is -0.825. The summed E-state index contributed by atoms with van der Waals surface area (Å²) in [5, 5.41) is 11.8. The molecule has 30 heavy (non-hydrogen) atoms. The maximum Gasteiger partial charge on any atom is 0.336 e. The molecule has 1 aromatic heterocycles. The Morgan fingerprint density at radius 3 is 2.53 bits per heavy atom. The van der Waals surface area contributed by atoms with Gasteiger partial charge in [0.2, 0.25) is 0 Å². The molecule has 3 heterocycles. The lowest BCUT2D eigenvalue weighted by molar-refractivity contribution is 0.0173. The highest BCUT2D eigenvalue weighted by atomic mass is 16.5. The minimum absolute atomic E-state index is 0.158. The summed E-state index contributed by atoms with van der Waals surface area (Å²) in [5.41, 5.74) is 2.18. The number of aliphatic hydroxyl groups is 1. The van der Waals surface area contributed by atoms with E-state index in [2.05, 4.69) is 0 Å². The molecule has 3 atom stereocenters. The maximum absolute atomic E-state index is 12.6. The van der Waals surface area contributed by atoms with Crippen LogP contribution >= 0.6 is 0 Å². The van der Waals surface area contributed by atoms with Gasteiger partial charge in [0.1, 0.15) is 23.2 Å². The SMILES string of the molecule is C[C@H]1[C@H](C)Oc2c3c(c4c(-c5ccccc5)cc(=O)oc4c2[C@H]1O)OC(C)(C)C=C3. The summed E-state index contributed by atoms with van der Waals surface area (Å²) in [5.74, 6) is 0.970. The summed E-state index contributed by atoms with van der Waals surface area (Å²) in [6.07, 6.45) is 2.93. The number of aliphatic hydroxyl groups excluding tert-OH is 1. The molecule has 5 rings (SSSR count). The van der Waals surface area contributed by atoms with Crippen molar-refractivity contribution in [2.45, 2.75) is 45.5 Å². The third-order valence-electron chi connectivity index (χ3n) is 6.11. The highest BCUT2D eigenvalue weighted by Gasteiger charge is 2.40. The van der Waals surface area contributed by atoms with E-state index in [1.807, 2.05) is 70.2 Å². The standard InChI is InChI=1S/C25H24O5/c1-13-14(2)28-22-16-10-11-25(3,4)30-23(16)19-17(15-8-6-5-7-9-15)12-18(26)29-24(19)20(22)21(13)27/h5-14,21,27H,1-4H3/t13-,14-,21-/m0/s1. The second-order valence-corrected chi connectivity index (χ2v) is 8.70. The Bertz CT molecular complexity index is 1240. The smallest absolute Gasteiger partial charge is 0.336 e. The molecular formula is C25H24O5. The van der Waals surface area contributed by atoms with Crippen LogP contribution in [0.25, 0.3) is 28.2 Å². The zero-order chi connectivity index (χ0) is 21.2. The topological polar surface area (TPSA) is 68.9 Å². The Balaban J connectivity index is 1.97. The van der Waals surface area contributed by atoms with Crippen molar-refractivity contribution in [2.24, 2.45) is 5.92 Å². The fraction of sp³-hybridized carbons (Fsp3) is 0.320. The Morgan fingerprint density at radius 2 is 1.80 bits per heavy atom. The van der Waals surface area contributed by atoms with Crippen LogP contribution in [0.15, 0.2) is 51.7 Å². The molecule has 0 saturated heterocycles. The summed E-state index contributed by atoms with van der Waals surface area (Å²) < 4.78 is 18.3. The predicted molar refractivity (Wildman–Crippen MR) is 116 cm³/mol. The molecule has 0 saturated carbocycles.